The molecule has 0 spiro atoms. The van der Waals surface area contributed by atoms with Crippen LogP contribution < -0.4 is 0 Å². The number of nitrogens with zero attached hydrogens (tertiary/aromatic N) is 1. The van der Waals surface area contributed by atoms with Gasteiger partial charge in [0.1, 0.15) is 0 Å². The van der Waals surface area contributed by atoms with E-state index >= 15 is 0 Å². The molecule has 0 aromatic carbocycles. The van der Waals surface area contributed by atoms with Crippen molar-refractivity contribution in [1.82, 2.24) is 4.90 Å². The van der Waals surface area contributed by atoms with Gasteiger partial charge < -0.3 is 0 Å². The number of piperidine rings is 1. The van der Waals surface area contributed by atoms with Crippen molar-refractivity contribution in [3.8, 4) is 0 Å². The molecule has 2 unspecified atom stereocenters. The summed E-state index contributed by atoms with van der Waals surface area (Å²) in [4.78, 5) is 2.67. The van der Waals surface area contributed by atoms with Gasteiger partial charge in [-0.3, -0.25) is 4.90 Å². The largest absolute Gasteiger partial charge is 0.298 e. The molecule has 0 aromatic heterocycles. The van der Waals surface area contributed by atoms with Crippen molar-refractivity contribution < 1.29 is 0 Å². The highest BCUT2D eigenvalue weighted by Gasteiger charge is 2.27. The Balaban J connectivity index is 2.57. The predicted molar refractivity (Wildman–Crippen MR) is 54.3 cm³/mol. The minimum Gasteiger partial charge on any atom is -0.298 e. The molecule has 1 aliphatic heterocycles. The zero-order chi connectivity index (χ0) is 9.14. The molecule has 1 heterocycles. The molecule has 0 N–H and O–H groups in total. The Morgan fingerprint density at radius 3 is 2.42 bits per heavy atom. The van der Waals surface area contributed by atoms with Gasteiger partial charge in [0.2, 0.25) is 0 Å². The van der Waals surface area contributed by atoms with E-state index in [0.717, 1.165) is 18.0 Å². The van der Waals surface area contributed by atoms with Crippen molar-refractivity contribution in [1.29, 1.82) is 0 Å². The van der Waals surface area contributed by atoms with E-state index < -0.39 is 0 Å². The van der Waals surface area contributed by atoms with E-state index in [4.69, 9.17) is 0 Å². The monoisotopic (exact) mass is 169 g/mol. The predicted octanol–water partition coefficient (Wildman–Crippen LogP) is 2.91. The Morgan fingerprint density at radius 2 is 2.00 bits per heavy atom. The highest BCUT2D eigenvalue weighted by molar-refractivity contribution is 4.83. The molecule has 1 heteroatoms. The van der Waals surface area contributed by atoms with Crippen LogP contribution in [0.1, 0.15) is 47.0 Å². The quantitative estimate of drug-likeness (QED) is 0.614. The van der Waals surface area contributed by atoms with Crippen LogP contribution in [0.5, 0.6) is 0 Å². The van der Waals surface area contributed by atoms with E-state index in [9.17, 15) is 0 Å². The fourth-order valence-electron chi connectivity index (χ4n) is 2.54. The molecule has 1 nitrogen and oxygen atoms in total. The molecule has 72 valence electrons. The van der Waals surface area contributed by atoms with Crippen LogP contribution in [0.15, 0.2) is 0 Å². The van der Waals surface area contributed by atoms with E-state index in [2.05, 4.69) is 32.6 Å². The summed E-state index contributed by atoms with van der Waals surface area (Å²) < 4.78 is 0. The lowest BCUT2D eigenvalue weighted by Crippen LogP contribution is -2.47. The minimum absolute atomic E-state index is 0.816. The minimum atomic E-state index is 0.816. The second kappa shape index (κ2) is 4.27. The maximum absolute atomic E-state index is 2.67. The topological polar surface area (TPSA) is 3.24 Å². The summed E-state index contributed by atoms with van der Waals surface area (Å²) in [5, 5.41) is 0. The van der Waals surface area contributed by atoms with Gasteiger partial charge in [-0.25, -0.2) is 0 Å². The molecule has 12 heavy (non-hydrogen) atoms. The highest BCUT2D eigenvalue weighted by atomic mass is 15.2. The lowest BCUT2D eigenvalue weighted by atomic mass is 9.89. The van der Waals surface area contributed by atoms with Crippen LogP contribution in [0.4, 0.5) is 0 Å². The molecule has 1 fully saturated rings. The van der Waals surface area contributed by atoms with Crippen LogP contribution >= 0.6 is 0 Å². The Morgan fingerprint density at radius 1 is 1.33 bits per heavy atom. The number of hydrogen-bond donors (Lipinski definition) is 0. The lowest BCUT2D eigenvalue weighted by Gasteiger charge is -2.42. The van der Waals surface area contributed by atoms with Crippen LogP contribution in [-0.4, -0.2) is 23.5 Å². The lowest BCUT2D eigenvalue weighted by molar-refractivity contribution is 0.0704. The van der Waals surface area contributed by atoms with Crippen molar-refractivity contribution in [2.75, 3.05) is 6.54 Å². The fraction of sp³-hybridized carbons (Fsp3) is 1.00. The third kappa shape index (κ3) is 2.01. The van der Waals surface area contributed by atoms with Gasteiger partial charge in [0.05, 0.1) is 0 Å². The number of likely N-dealkylation sites (tertiary alicyclic amines) is 1. The first-order chi connectivity index (χ1) is 5.66. The summed E-state index contributed by atoms with van der Waals surface area (Å²) in [7, 11) is 0. The SMILES string of the molecule is CCN1C(C)CCCC1C(C)C. The summed E-state index contributed by atoms with van der Waals surface area (Å²) in [6.45, 7) is 10.6. The van der Waals surface area contributed by atoms with Gasteiger partial charge in [-0.2, -0.15) is 0 Å². The second-order valence-electron chi connectivity index (χ2n) is 4.42. The summed E-state index contributed by atoms with van der Waals surface area (Å²) in [5.41, 5.74) is 0. The first-order valence-corrected chi connectivity index (χ1v) is 5.42. The van der Waals surface area contributed by atoms with Gasteiger partial charge in [0, 0.05) is 12.1 Å². The fourth-order valence-corrected chi connectivity index (χ4v) is 2.54. The van der Waals surface area contributed by atoms with Crippen LogP contribution in [0, 0.1) is 5.92 Å². The summed E-state index contributed by atoms with van der Waals surface area (Å²) in [6, 6.07) is 1.66. The van der Waals surface area contributed by atoms with E-state index in [1.165, 1.54) is 25.8 Å². The second-order valence-corrected chi connectivity index (χ2v) is 4.42. The zero-order valence-electron chi connectivity index (χ0n) is 9.01. The van der Waals surface area contributed by atoms with Crippen LogP contribution in [-0.2, 0) is 0 Å². The first-order valence-electron chi connectivity index (χ1n) is 5.42. The van der Waals surface area contributed by atoms with Crippen LogP contribution in [0.3, 0.4) is 0 Å². The molecular formula is C11H23N. The molecular weight excluding hydrogens is 146 g/mol. The van der Waals surface area contributed by atoms with Crippen molar-refractivity contribution in [3.63, 3.8) is 0 Å². The summed E-state index contributed by atoms with van der Waals surface area (Å²) >= 11 is 0. The van der Waals surface area contributed by atoms with E-state index in [1.807, 2.05) is 0 Å². The average molecular weight is 169 g/mol. The molecule has 0 aliphatic carbocycles. The third-order valence-corrected chi connectivity index (χ3v) is 3.25. The molecule has 1 rings (SSSR count). The molecule has 2 atom stereocenters. The van der Waals surface area contributed by atoms with Crippen molar-refractivity contribution in [2.45, 2.75) is 59.0 Å². The molecule has 1 aliphatic rings. The highest BCUT2D eigenvalue weighted by Crippen LogP contribution is 2.26. The van der Waals surface area contributed by atoms with Crippen molar-refractivity contribution >= 4 is 0 Å². The molecule has 0 radical (unpaired) electrons. The molecule has 0 saturated carbocycles. The maximum atomic E-state index is 2.67. The standard InChI is InChI=1S/C11H23N/c1-5-12-10(4)7-6-8-11(12)9(2)3/h9-11H,5-8H2,1-4H3. The van der Waals surface area contributed by atoms with Gasteiger partial charge >= 0.3 is 0 Å². The molecule has 0 amide bonds. The van der Waals surface area contributed by atoms with E-state index in [1.54, 1.807) is 0 Å². The van der Waals surface area contributed by atoms with Crippen molar-refractivity contribution in [2.24, 2.45) is 5.92 Å². The summed E-state index contributed by atoms with van der Waals surface area (Å²) in [5.74, 6) is 0.827. The first kappa shape index (κ1) is 10.0. The van der Waals surface area contributed by atoms with Crippen LogP contribution in [0.2, 0.25) is 0 Å². The van der Waals surface area contributed by atoms with Gasteiger partial charge in [0.15, 0.2) is 0 Å². The van der Waals surface area contributed by atoms with Gasteiger partial charge in [-0.15, -0.1) is 0 Å². The number of hydrogen-bond acceptors (Lipinski definition) is 1. The van der Waals surface area contributed by atoms with E-state index in [-0.39, 0.29) is 0 Å². The van der Waals surface area contributed by atoms with Gasteiger partial charge in [-0.1, -0.05) is 27.2 Å². The van der Waals surface area contributed by atoms with Gasteiger partial charge in [-0.05, 0) is 32.2 Å². The average Bonchev–Trinajstić information content (AvgIpc) is 2.03. The summed E-state index contributed by atoms with van der Waals surface area (Å²) in [6.07, 6.45) is 4.24. The van der Waals surface area contributed by atoms with Crippen LogP contribution in [0.25, 0.3) is 0 Å². The molecule has 0 aromatic rings. The Kier molecular flexibility index (Phi) is 3.57. The Bertz CT molecular complexity index is 131. The maximum Gasteiger partial charge on any atom is 0.0121 e. The Hall–Kier alpha value is -0.0400. The third-order valence-electron chi connectivity index (χ3n) is 3.25. The zero-order valence-corrected chi connectivity index (χ0v) is 9.01. The normalized spacial score (nSPS) is 32.8. The van der Waals surface area contributed by atoms with Crippen molar-refractivity contribution in [3.05, 3.63) is 0 Å². The molecule has 1 saturated heterocycles. The Labute approximate surface area is 77.1 Å². The number of rotatable bonds is 2. The van der Waals surface area contributed by atoms with Gasteiger partial charge in [0.25, 0.3) is 0 Å². The van der Waals surface area contributed by atoms with E-state index in [0.29, 0.717) is 0 Å². The molecule has 0 bridgehead atoms. The smallest absolute Gasteiger partial charge is 0.0121 e.